The summed E-state index contributed by atoms with van der Waals surface area (Å²) in [6, 6.07) is 7.47. The van der Waals surface area contributed by atoms with E-state index in [1.54, 1.807) is 0 Å². The summed E-state index contributed by atoms with van der Waals surface area (Å²) in [6.07, 6.45) is 0.866. The maximum absolute atomic E-state index is 5.89. The monoisotopic (exact) mass is 196 g/mol. The van der Waals surface area contributed by atoms with Crippen LogP contribution in [0.1, 0.15) is 13.3 Å². The molecule has 0 bridgehead atoms. The SMILES string of the molecule is C=C(C)CCOc1ccccc1Cl. The predicted molar refractivity (Wildman–Crippen MR) is 56.4 cm³/mol. The van der Waals surface area contributed by atoms with Crippen LogP contribution in [0.3, 0.4) is 0 Å². The molecule has 0 saturated carbocycles. The first-order chi connectivity index (χ1) is 6.20. The highest BCUT2D eigenvalue weighted by atomic mass is 35.5. The minimum Gasteiger partial charge on any atom is -0.492 e. The molecule has 0 spiro atoms. The van der Waals surface area contributed by atoms with Crippen molar-refractivity contribution in [3.8, 4) is 5.75 Å². The third-order valence-electron chi connectivity index (χ3n) is 1.62. The molecule has 1 aromatic carbocycles. The maximum atomic E-state index is 5.89. The van der Waals surface area contributed by atoms with Crippen LogP contribution >= 0.6 is 11.6 Å². The fourth-order valence-electron chi connectivity index (χ4n) is 0.897. The van der Waals surface area contributed by atoms with E-state index in [1.807, 2.05) is 31.2 Å². The molecule has 0 aliphatic carbocycles. The second kappa shape index (κ2) is 4.93. The van der Waals surface area contributed by atoms with Gasteiger partial charge in [0, 0.05) is 6.42 Å². The zero-order valence-electron chi connectivity index (χ0n) is 7.72. The normalized spacial score (nSPS) is 9.69. The Morgan fingerprint density at radius 2 is 2.15 bits per heavy atom. The van der Waals surface area contributed by atoms with Crippen LogP contribution in [0.25, 0.3) is 0 Å². The minimum absolute atomic E-state index is 0.638. The smallest absolute Gasteiger partial charge is 0.137 e. The van der Waals surface area contributed by atoms with Crippen molar-refractivity contribution in [1.29, 1.82) is 0 Å². The molecule has 0 saturated heterocycles. The fourth-order valence-corrected chi connectivity index (χ4v) is 1.09. The third kappa shape index (κ3) is 3.51. The van der Waals surface area contributed by atoms with Gasteiger partial charge in [-0.3, -0.25) is 0 Å². The molecule has 0 atom stereocenters. The summed E-state index contributed by atoms with van der Waals surface area (Å²) in [6.45, 7) is 6.42. The van der Waals surface area contributed by atoms with E-state index in [9.17, 15) is 0 Å². The van der Waals surface area contributed by atoms with Crippen LogP contribution in [0.2, 0.25) is 5.02 Å². The van der Waals surface area contributed by atoms with E-state index in [-0.39, 0.29) is 0 Å². The summed E-state index contributed by atoms with van der Waals surface area (Å²) < 4.78 is 5.45. The Morgan fingerprint density at radius 3 is 2.77 bits per heavy atom. The van der Waals surface area contributed by atoms with Crippen molar-refractivity contribution in [2.24, 2.45) is 0 Å². The largest absolute Gasteiger partial charge is 0.492 e. The molecule has 1 aromatic rings. The molecule has 0 amide bonds. The van der Waals surface area contributed by atoms with Crippen molar-refractivity contribution in [2.75, 3.05) is 6.61 Å². The number of halogens is 1. The lowest BCUT2D eigenvalue weighted by Crippen LogP contribution is -1.97. The van der Waals surface area contributed by atoms with E-state index in [0.717, 1.165) is 17.7 Å². The molecule has 1 nitrogen and oxygen atoms in total. The van der Waals surface area contributed by atoms with Crippen LogP contribution in [0.15, 0.2) is 36.4 Å². The summed E-state index contributed by atoms with van der Waals surface area (Å²) >= 11 is 5.89. The summed E-state index contributed by atoms with van der Waals surface area (Å²) in [5.74, 6) is 0.741. The lowest BCUT2D eigenvalue weighted by molar-refractivity contribution is 0.322. The van der Waals surface area contributed by atoms with Crippen LogP contribution in [0.4, 0.5) is 0 Å². The van der Waals surface area contributed by atoms with Gasteiger partial charge in [0.25, 0.3) is 0 Å². The Hall–Kier alpha value is -0.950. The highest BCUT2D eigenvalue weighted by Crippen LogP contribution is 2.23. The standard InChI is InChI=1S/C11H13ClO/c1-9(2)7-8-13-11-6-4-3-5-10(11)12/h3-6H,1,7-8H2,2H3. The molecule has 0 aliphatic heterocycles. The van der Waals surface area contributed by atoms with Crippen LogP contribution < -0.4 is 4.74 Å². The first-order valence-electron chi connectivity index (χ1n) is 4.22. The average molecular weight is 197 g/mol. The number of hydrogen-bond acceptors (Lipinski definition) is 1. The van der Waals surface area contributed by atoms with E-state index in [1.165, 1.54) is 0 Å². The summed E-state index contributed by atoms with van der Waals surface area (Å²) in [4.78, 5) is 0. The highest BCUT2D eigenvalue weighted by Gasteiger charge is 1.98. The molecule has 70 valence electrons. The minimum atomic E-state index is 0.638. The number of hydrogen-bond donors (Lipinski definition) is 0. The van der Waals surface area contributed by atoms with E-state index in [4.69, 9.17) is 16.3 Å². The van der Waals surface area contributed by atoms with Gasteiger partial charge in [0.2, 0.25) is 0 Å². The van der Waals surface area contributed by atoms with Crippen molar-refractivity contribution in [3.63, 3.8) is 0 Å². The van der Waals surface area contributed by atoms with Gasteiger partial charge in [-0.2, -0.15) is 0 Å². The van der Waals surface area contributed by atoms with Crippen molar-refractivity contribution < 1.29 is 4.74 Å². The first-order valence-corrected chi connectivity index (χ1v) is 4.59. The zero-order valence-corrected chi connectivity index (χ0v) is 8.47. The van der Waals surface area contributed by atoms with Crippen molar-refractivity contribution in [1.82, 2.24) is 0 Å². The molecule has 0 heterocycles. The van der Waals surface area contributed by atoms with Crippen LogP contribution in [-0.2, 0) is 0 Å². The molecule has 13 heavy (non-hydrogen) atoms. The van der Waals surface area contributed by atoms with Gasteiger partial charge in [-0.1, -0.05) is 29.3 Å². The van der Waals surface area contributed by atoms with E-state index in [0.29, 0.717) is 11.6 Å². The van der Waals surface area contributed by atoms with Gasteiger partial charge in [-0.15, -0.1) is 6.58 Å². The highest BCUT2D eigenvalue weighted by molar-refractivity contribution is 6.32. The van der Waals surface area contributed by atoms with Gasteiger partial charge in [0.05, 0.1) is 11.6 Å². The molecule has 2 heteroatoms. The van der Waals surface area contributed by atoms with Gasteiger partial charge < -0.3 is 4.74 Å². The lowest BCUT2D eigenvalue weighted by Gasteiger charge is -2.06. The second-order valence-corrected chi connectivity index (χ2v) is 3.39. The van der Waals surface area contributed by atoms with Gasteiger partial charge in [0.15, 0.2) is 0 Å². The number of benzene rings is 1. The number of para-hydroxylation sites is 1. The first kappa shape index (κ1) is 10.1. The summed E-state index contributed by atoms with van der Waals surface area (Å²) in [5, 5.41) is 0.657. The van der Waals surface area contributed by atoms with Crippen LogP contribution in [-0.4, -0.2) is 6.61 Å². The summed E-state index contributed by atoms with van der Waals surface area (Å²) in [5.41, 5.74) is 1.12. The molecule has 0 radical (unpaired) electrons. The molecule has 0 aliphatic rings. The lowest BCUT2D eigenvalue weighted by atomic mass is 10.2. The quantitative estimate of drug-likeness (QED) is 0.668. The Balaban J connectivity index is 2.45. The predicted octanol–water partition coefficient (Wildman–Crippen LogP) is 3.69. The molecular formula is C11H13ClO. The number of ether oxygens (including phenoxy) is 1. The average Bonchev–Trinajstić information content (AvgIpc) is 2.08. The third-order valence-corrected chi connectivity index (χ3v) is 1.94. The van der Waals surface area contributed by atoms with Crippen LogP contribution in [0.5, 0.6) is 5.75 Å². The van der Waals surface area contributed by atoms with Gasteiger partial charge in [-0.05, 0) is 19.1 Å². The van der Waals surface area contributed by atoms with Crippen molar-refractivity contribution >= 4 is 11.6 Å². The van der Waals surface area contributed by atoms with Crippen molar-refractivity contribution in [3.05, 3.63) is 41.4 Å². The maximum Gasteiger partial charge on any atom is 0.137 e. The molecule has 0 N–H and O–H groups in total. The van der Waals surface area contributed by atoms with Gasteiger partial charge in [-0.25, -0.2) is 0 Å². The Morgan fingerprint density at radius 1 is 1.46 bits per heavy atom. The van der Waals surface area contributed by atoms with E-state index >= 15 is 0 Å². The van der Waals surface area contributed by atoms with Gasteiger partial charge >= 0.3 is 0 Å². The van der Waals surface area contributed by atoms with E-state index < -0.39 is 0 Å². The molecule has 1 rings (SSSR count). The van der Waals surface area contributed by atoms with Crippen LogP contribution in [0, 0.1) is 0 Å². The Labute approximate surface area is 84.0 Å². The fraction of sp³-hybridized carbons (Fsp3) is 0.273. The van der Waals surface area contributed by atoms with Gasteiger partial charge in [0.1, 0.15) is 5.75 Å². The molecular weight excluding hydrogens is 184 g/mol. The topological polar surface area (TPSA) is 9.23 Å². The van der Waals surface area contributed by atoms with Crippen molar-refractivity contribution in [2.45, 2.75) is 13.3 Å². The number of rotatable bonds is 4. The Bertz CT molecular complexity index is 294. The zero-order chi connectivity index (χ0) is 9.68. The Kier molecular flexibility index (Phi) is 3.84. The molecule has 0 fully saturated rings. The summed E-state index contributed by atoms with van der Waals surface area (Å²) in [7, 11) is 0. The molecule has 0 unspecified atom stereocenters. The second-order valence-electron chi connectivity index (χ2n) is 2.99. The molecule has 0 aromatic heterocycles. The van der Waals surface area contributed by atoms with E-state index in [2.05, 4.69) is 6.58 Å².